The van der Waals surface area contributed by atoms with E-state index in [1.807, 2.05) is 30.3 Å². The molecule has 1 amide bonds. The van der Waals surface area contributed by atoms with Crippen molar-refractivity contribution in [3.63, 3.8) is 0 Å². The number of rotatable bonds is 8. The first-order chi connectivity index (χ1) is 12.7. The number of pyridine rings is 1. The van der Waals surface area contributed by atoms with Gasteiger partial charge in [0.15, 0.2) is 5.82 Å². The molecule has 8 heteroatoms. The third-order valence-electron chi connectivity index (χ3n) is 3.28. The molecule has 1 N–H and O–H groups in total. The lowest BCUT2D eigenvalue weighted by Crippen LogP contribution is -2.14. The number of hydrogen-bond donors (Lipinski definition) is 1. The van der Waals surface area contributed by atoms with E-state index < -0.39 is 0 Å². The van der Waals surface area contributed by atoms with Crippen LogP contribution < -0.4 is 10.1 Å². The van der Waals surface area contributed by atoms with Crippen LogP contribution in [0.5, 0.6) is 5.88 Å². The summed E-state index contributed by atoms with van der Waals surface area (Å²) in [5.74, 6) is 2.31. The highest BCUT2D eigenvalue weighted by Crippen LogP contribution is 2.15. The molecule has 3 aromatic rings. The zero-order valence-corrected chi connectivity index (χ0v) is 15.0. The maximum Gasteiger partial charge on any atom is 0.234 e. The van der Waals surface area contributed by atoms with Gasteiger partial charge in [-0.25, -0.2) is 4.98 Å². The van der Waals surface area contributed by atoms with Crippen LogP contribution in [0.15, 0.2) is 53.2 Å². The summed E-state index contributed by atoms with van der Waals surface area (Å²) < 4.78 is 10.5. The Bertz CT molecular complexity index is 837. The van der Waals surface area contributed by atoms with E-state index in [2.05, 4.69) is 20.4 Å². The number of anilines is 1. The number of thioether (sulfide) groups is 1. The molecule has 2 heterocycles. The summed E-state index contributed by atoms with van der Waals surface area (Å²) in [5, 5.41) is 6.58. The van der Waals surface area contributed by atoms with E-state index in [1.54, 1.807) is 25.3 Å². The number of nitrogens with one attached hydrogen (secondary N) is 1. The number of aromatic nitrogens is 3. The molecule has 7 nitrogen and oxygen atoms in total. The molecule has 1 aromatic carbocycles. The van der Waals surface area contributed by atoms with Crippen LogP contribution in [0.4, 0.5) is 5.69 Å². The molecule has 0 fully saturated rings. The second-order valence-electron chi connectivity index (χ2n) is 5.43. The Morgan fingerprint density at radius 1 is 1.23 bits per heavy atom. The van der Waals surface area contributed by atoms with E-state index in [-0.39, 0.29) is 5.91 Å². The summed E-state index contributed by atoms with van der Waals surface area (Å²) in [7, 11) is 0. The minimum Gasteiger partial charge on any atom is -0.473 e. The number of amides is 1. The molecule has 0 saturated carbocycles. The number of ether oxygens (including phenoxy) is 1. The summed E-state index contributed by atoms with van der Waals surface area (Å²) in [6, 6.07) is 13.3. The van der Waals surface area contributed by atoms with Crippen molar-refractivity contribution in [1.29, 1.82) is 0 Å². The van der Waals surface area contributed by atoms with E-state index in [1.165, 1.54) is 11.8 Å². The lowest BCUT2D eigenvalue weighted by molar-refractivity contribution is -0.113. The number of carbonyl (C=O) groups is 1. The molecule has 0 atom stereocenters. The zero-order valence-electron chi connectivity index (χ0n) is 14.2. The van der Waals surface area contributed by atoms with Crippen LogP contribution in [0.25, 0.3) is 0 Å². The van der Waals surface area contributed by atoms with Crippen molar-refractivity contribution < 1.29 is 14.1 Å². The van der Waals surface area contributed by atoms with Crippen LogP contribution in [0.2, 0.25) is 0 Å². The van der Waals surface area contributed by atoms with Gasteiger partial charge in [0.1, 0.15) is 6.61 Å². The van der Waals surface area contributed by atoms with Crippen LogP contribution in [0.3, 0.4) is 0 Å². The Morgan fingerprint density at radius 3 is 2.77 bits per heavy atom. The Balaban J connectivity index is 1.41. The summed E-state index contributed by atoms with van der Waals surface area (Å²) in [6.45, 7) is 2.18. The molecule has 0 aliphatic heterocycles. The molecule has 0 unspecified atom stereocenters. The van der Waals surface area contributed by atoms with Gasteiger partial charge in [-0.1, -0.05) is 35.5 Å². The first kappa shape index (κ1) is 17.9. The average molecular weight is 370 g/mol. The van der Waals surface area contributed by atoms with Crippen molar-refractivity contribution in [2.24, 2.45) is 0 Å². The molecule has 134 valence electrons. The summed E-state index contributed by atoms with van der Waals surface area (Å²) in [5.41, 5.74) is 1.69. The molecule has 0 bridgehead atoms. The molecule has 0 radical (unpaired) electrons. The molecule has 0 aliphatic carbocycles. The predicted octanol–water partition coefficient (Wildman–Crippen LogP) is 3.22. The van der Waals surface area contributed by atoms with Crippen LogP contribution in [0, 0.1) is 6.92 Å². The van der Waals surface area contributed by atoms with Crippen molar-refractivity contribution in [3.8, 4) is 5.88 Å². The maximum atomic E-state index is 11.9. The molecular formula is C18H18N4O3S. The second-order valence-corrected chi connectivity index (χ2v) is 6.42. The maximum absolute atomic E-state index is 11.9. The molecule has 0 spiro atoms. The van der Waals surface area contributed by atoms with E-state index in [4.69, 9.17) is 9.26 Å². The number of hydrogen-bond acceptors (Lipinski definition) is 7. The SMILES string of the molecule is Cc1nc(CSCC(=O)Nc2ccc(OCc3ccccc3)nc2)no1. The monoisotopic (exact) mass is 370 g/mol. The Morgan fingerprint density at radius 2 is 2.08 bits per heavy atom. The third-order valence-corrected chi connectivity index (χ3v) is 4.21. The van der Waals surface area contributed by atoms with Gasteiger partial charge in [0.25, 0.3) is 0 Å². The first-order valence-electron chi connectivity index (χ1n) is 7.98. The molecule has 2 aromatic heterocycles. The molecule has 0 saturated heterocycles. The smallest absolute Gasteiger partial charge is 0.234 e. The van der Waals surface area contributed by atoms with Crippen LogP contribution in [-0.2, 0) is 17.2 Å². The molecule has 0 aliphatic rings. The van der Waals surface area contributed by atoms with Gasteiger partial charge >= 0.3 is 0 Å². The van der Waals surface area contributed by atoms with Gasteiger partial charge in [0, 0.05) is 13.0 Å². The second kappa shape index (κ2) is 9.00. The minimum atomic E-state index is -0.116. The van der Waals surface area contributed by atoms with E-state index in [0.29, 0.717) is 41.4 Å². The fourth-order valence-corrected chi connectivity index (χ4v) is 2.76. The van der Waals surface area contributed by atoms with Gasteiger partial charge in [-0.05, 0) is 11.6 Å². The van der Waals surface area contributed by atoms with Gasteiger partial charge in [0.05, 0.1) is 23.4 Å². The largest absolute Gasteiger partial charge is 0.473 e. The fourth-order valence-electron chi connectivity index (χ4n) is 2.10. The highest BCUT2D eigenvalue weighted by atomic mass is 32.2. The molecular weight excluding hydrogens is 352 g/mol. The number of benzene rings is 1. The fraction of sp³-hybridized carbons (Fsp3) is 0.222. The Hall–Kier alpha value is -2.87. The Labute approximate surface area is 155 Å². The highest BCUT2D eigenvalue weighted by molar-refractivity contribution is 7.99. The topological polar surface area (TPSA) is 90.1 Å². The minimum absolute atomic E-state index is 0.116. The van der Waals surface area contributed by atoms with Crippen LogP contribution in [0.1, 0.15) is 17.3 Å². The quantitative estimate of drug-likeness (QED) is 0.651. The van der Waals surface area contributed by atoms with Gasteiger partial charge in [-0.2, -0.15) is 4.98 Å². The van der Waals surface area contributed by atoms with Crippen LogP contribution >= 0.6 is 11.8 Å². The predicted molar refractivity (Wildman–Crippen MR) is 98.8 cm³/mol. The number of carbonyl (C=O) groups excluding carboxylic acids is 1. The van der Waals surface area contributed by atoms with E-state index >= 15 is 0 Å². The van der Waals surface area contributed by atoms with Gasteiger partial charge in [-0.15, -0.1) is 11.8 Å². The van der Waals surface area contributed by atoms with Crippen molar-refractivity contribution in [2.45, 2.75) is 19.3 Å². The first-order valence-corrected chi connectivity index (χ1v) is 9.14. The van der Waals surface area contributed by atoms with Crippen molar-refractivity contribution in [2.75, 3.05) is 11.1 Å². The van der Waals surface area contributed by atoms with Gasteiger partial charge < -0.3 is 14.6 Å². The summed E-state index contributed by atoms with van der Waals surface area (Å²) in [6.07, 6.45) is 1.57. The van der Waals surface area contributed by atoms with Crippen molar-refractivity contribution >= 4 is 23.4 Å². The van der Waals surface area contributed by atoms with E-state index in [9.17, 15) is 4.79 Å². The number of nitrogens with zero attached hydrogens (tertiary/aromatic N) is 3. The molecule has 3 rings (SSSR count). The lowest BCUT2D eigenvalue weighted by Gasteiger charge is -2.07. The third kappa shape index (κ3) is 5.59. The lowest BCUT2D eigenvalue weighted by atomic mass is 10.2. The standard InChI is InChI=1S/C18H18N4O3S/c1-13-20-16(22-25-13)11-26-12-17(23)21-15-7-8-18(19-9-15)24-10-14-5-3-2-4-6-14/h2-9H,10-12H2,1H3,(H,21,23). The zero-order chi connectivity index (χ0) is 18.2. The van der Waals surface area contributed by atoms with Crippen molar-refractivity contribution in [1.82, 2.24) is 15.1 Å². The summed E-state index contributed by atoms with van der Waals surface area (Å²) >= 11 is 1.41. The normalized spacial score (nSPS) is 10.5. The summed E-state index contributed by atoms with van der Waals surface area (Å²) in [4.78, 5) is 20.2. The Kier molecular flexibility index (Phi) is 6.21. The van der Waals surface area contributed by atoms with E-state index in [0.717, 1.165) is 5.56 Å². The van der Waals surface area contributed by atoms with Gasteiger partial charge in [-0.3, -0.25) is 4.79 Å². The number of aryl methyl sites for hydroxylation is 1. The average Bonchev–Trinajstić information content (AvgIpc) is 3.07. The van der Waals surface area contributed by atoms with Gasteiger partial charge in [0.2, 0.25) is 17.7 Å². The highest BCUT2D eigenvalue weighted by Gasteiger charge is 2.07. The molecule has 26 heavy (non-hydrogen) atoms. The van der Waals surface area contributed by atoms with Crippen molar-refractivity contribution in [3.05, 3.63) is 65.9 Å². The van der Waals surface area contributed by atoms with Crippen LogP contribution in [-0.4, -0.2) is 26.8 Å².